The standard InChI is InChI=1S/C33H45Cl2N3O8Si/c1-33(2,3)46-32(41)37-16-23(17-37)38-18-24(29(30(38)39)36-31(40)44-19-22-10-8-7-9-11-22)27-26(13-12-25(34)28(27)35)45-21-43-20-42-14-15-47(4,5)6/h7-13,23-24,29H,14-21H2,1-6H3,(H,36,40)/t24-,29-/m0/s1. The number of nitrogens with one attached hydrogen (secondary N) is 1. The van der Waals surface area contributed by atoms with E-state index in [4.69, 9.17) is 46.9 Å². The molecule has 0 unspecified atom stereocenters. The second-order valence-corrected chi connectivity index (χ2v) is 20.3. The third kappa shape index (κ3) is 10.5. The van der Waals surface area contributed by atoms with Gasteiger partial charge in [-0.3, -0.25) is 4.79 Å². The molecule has 1 N–H and O–H groups in total. The minimum absolute atomic E-state index is 0.0269. The van der Waals surface area contributed by atoms with Crippen molar-refractivity contribution >= 4 is 49.4 Å². The van der Waals surface area contributed by atoms with Gasteiger partial charge in [0.05, 0.1) is 16.1 Å². The molecule has 2 aliphatic rings. The molecule has 2 atom stereocenters. The predicted molar refractivity (Wildman–Crippen MR) is 182 cm³/mol. The third-order valence-electron chi connectivity index (χ3n) is 7.71. The van der Waals surface area contributed by atoms with Gasteiger partial charge in [0.1, 0.15) is 24.0 Å². The largest absolute Gasteiger partial charge is 0.467 e. The first-order chi connectivity index (χ1) is 22.1. The molecule has 2 aromatic carbocycles. The number of carbonyl (C=O) groups is 3. The highest BCUT2D eigenvalue weighted by atomic mass is 35.5. The van der Waals surface area contributed by atoms with E-state index in [2.05, 4.69) is 25.0 Å². The zero-order valence-corrected chi connectivity index (χ0v) is 30.4. The Labute approximate surface area is 287 Å². The third-order valence-corrected chi connectivity index (χ3v) is 10.2. The number of likely N-dealkylation sites (tertiary alicyclic amines) is 2. The summed E-state index contributed by atoms with van der Waals surface area (Å²) in [5.41, 5.74) is 0.610. The molecule has 0 radical (unpaired) electrons. The van der Waals surface area contributed by atoms with Crippen LogP contribution in [-0.2, 0) is 30.3 Å². The van der Waals surface area contributed by atoms with Gasteiger partial charge in [0, 0.05) is 45.8 Å². The lowest BCUT2D eigenvalue weighted by Crippen LogP contribution is -2.62. The number of hydrogen-bond acceptors (Lipinski definition) is 8. The van der Waals surface area contributed by atoms with E-state index in [9.17, 15) is 14.4 Å². The molecule has 11 nitrogen and oxygen atoms in total. The Hall–Kier alpha value is -3.03. The molecule has 0 aromatic heterocycles. The Morgan fingerprint density at radius 3 is 2.34 bits per heavy atom. The molecule has 14 heteroatoms. The van der Waals surface area contributed by atoms with Crippen LogP contribution in [0, 0.1) is 0 Å². The summed E-state index contributed by atoms with van der Waals surface area (Å²) in [4.78, 5) is 42.7. The lowest BCUT2D eigenvalue weighted by Gasteiger charge is -2.44. The maximum atomic E-state index is 13.9. The smallest absolute Gasteiger partial charge is 0.410 e. The van der Waals surface area contributed by atoms with Crippen LogP contribution in [0.1, 0.15) is 37.8 Å². The van der Waals surface area contributed by atoms with Gasteiger partial charge in [-0.05, 0) is 44.5 Å². The number of benzene rings is 2. The fourth-order valence-corrected chi connectivity index (χ4v) is 6.40. The van der Waals surface area contributed by atoms with E-state index in [1.54, 1.807) is 37.8 Å². The quantitative estimate of drug-likeness (QED) is 0.142. The van der Waals surface area contributed by atoms with Crippen molar-refractivity contribution < 1.29 is 38.1 Å². The van der Waals surface area contributed by atoms with Crippen molar-refractivity contribution in [2.45, 2.75) is 76.7 Å². The first-order valence-electron chi connectivity index (χ1n) is 15.6. The molecule has 2 aliphatic heterocycles. The highest BCUT2D eigenvalue weighted by Crippen LogP contribution is 2.43. The van der Waals surface area contributed by atoms with Crippen molar-refractivity contribution in [3.05, 3.63) is 63.6 Å². The van der Waals surface area contributed by atoms with Crippen molar-refractivity contribution in [2.24, 2.45) is 0 Å². The van der Waals surface area contributed by atoms with Crippen LogP contribution in [0.4, 0.5) is 9.59 Å². The molecule has 2 aromatic rings. The van der Waals surface area contributed by atoms with E-state index in [-0.39, 0.29) is 61.8 Å². The van der Waals surface area contributed by atoms with Crippen LogP contribution in [-0.4, -0.2) is 93.5 Å². The fourth-order valence-electron chi connectivity index (χ4n) is 5.18. The topological polar surface area (TPSA) is 116 Å². The van der Waals surface area contributed by atoms with E-state index < -0.39 is 37.8 Å². The molecule has 3 amide bonds. The minimum Gasteiger partial charge on any atom is -0.467 e. The Morgan fingerprint density at radius 1 is 0.979 bits per heavy atom. The number of hydrogen-bond donors (Lipinski definition) is 1. The van der Waals surface area contributed by atoms with Crippen LogP contribution in [0.5, 0.6) is 5.75 Å². The highest BCUT2D eigenvalue weighted by molar-refractivity contribution is 6.76. The fraction of sp³-hybridized carbons (Fsp3) is 0.545. The highest BCUT2D eigenvalue weighted by Gasteiger charge is 2.50. The summed E-state index contributed by atoms with van der Waals surface area (Å²) in [6.07, 6.45) is -1.21. The second-order valence-electron chi connectivity index (χ2n) is 13.9. The van der Waals surface area contributed by atoms with Crippen LogP contribution in [0.25, 0.3) is 0 Å². The van der Waals surface area contributed by atoms with Gasteiger partial charge in [-0.1, -0.05) is 73.2 Å². The van der Waals surface area contributed by atoms with Crippen molar-refractivity contribution in [1.29, 1.82) is 0 Å². The molecule has 0 aliphatic carbocycles. The summed E-state index contributed by atoms with van der Waals surface area (Å²) in [5.74, 6) is -0.638. The van der Waals surface area contributed by atoms with Gasteiger partial charge >= 0.3 is 12.2 Å². The zero-order valence-electron chi connectivity index (χ0n) is 27.8. The van der Waals surface area contributed by atoms with Crippen molar-refractivity contribution in [2.75, 3.05) is 39.8 Å². The van der Waals surface area contributed by atoms with Crippen LogP contribution in [0.2, 0.25) is 35.7 Å². The van der Waals surface area contributed by atoms with Crippen molar-refractivity contribution in [1.82, 2.24) is 15.1 Å². The number of ether oxygens (including phenoxy) is 5. The van der Waals surface area contributed by atoms with Gasteiger partial charge in [-0.15, -0.1) is 0 Å². The van der Waals surface area contributed by atoms with Crippen LogP contribution < -0.4 is 10.1 Å². The van der Waals surface area contributed by atoms with Crippen molar-refractivity contribution in [3.63, 3.8) is 0 Å². The Balaban J connectivity index is 1.49. The lowest BCUT2D eigenvalue weighted by molar-refractivity contribution is -0.134. The maximum Gasteiger partial charge on any atom is 0.410 e. The molecule has 0 bridgehead atoms. The van der Waals surface area contributed by atoms with Gasteiger partial charge < -0.3 is 38.8 Å². The molecule has 2 fully saturated rings. The average molecular weight is 711 g/mol. The maximum absolute atomic E-state index is 13.9. The normalized spacial score (nSPS) is 18.6. The van der Waals surface area contributed by atoms with Gasteiger partial charge in [-0.25, -0.2) is 9.59 Å². The molecule has 4 rings (SSSR count). The predicted octanol–water partition coefficient (Wildman–Crippen LogP) is 6.50. The summed E-state index contributed by atoms with van der Waals surface area (Å²) >= 11 is 13.2. The molecule has 47 heavy (non-hydrogen) atoms. The Bertz CT molecular complexity index is 1400. The molecule has 0 saturated carbocycles. The zero-order chi connectivity index (χ0) is 34.4. The first-order valence-corrected chi connectivity index (χ1v) is 20.1. The van der Waals surface area contributed by atoms with Crippen LogP contribution >= 0.6 is 23.2 Å². The van der Waals surface area contributed by atoms with Crippen LogP contribution in [0.3, 0.4) is 0 Å². The van der Waals surface area contributed by atoms with Crippen molar-refractivity contribution in [3.8, 4) is 5.75 Å². The summed E-state index contributed by atoms with van der Waals surface area (Å²) in [6.45, 7) is 13.5. The molecule has 2 saturated heterocycles. The number of rotatable bonds is 13. The van der Waals surface area contributed by atoms with Gasteiger partial charge in [0.15, 0.2) is 13.6 Å². The van der Waals surface area contributed by atoms with Gasteiger partial charge in [0.25, 0.3) is 0 Å². The number of nitrogens with zero attached hydrogens (tertiary/aromatic N) is 2. The first kappa shape index (κ1) is 36.8. The van der Waals surface area contributed by atoms with Gasteiger partial charge in [-0.2, -0.15) is 0 Å². The minimum atomic E-state index is -1.23. The number of carbonyl (C=O) groups excluding carboxylic acids is 3. The Kier molecular flexibility index (Phi) is 12.5. The monoisotopic (exact) mass is 709 g/mol. The van der Waals surface area contributed by atoms with E-state index in [1.807, 2.05) is 30.3 Å². The molecular formula is C33H45Cl2N3O8Si. The second kappa shape index (κ2) is 15.9. The van der Waals surface area contributed by atoms with E-state index in [0.717, 1.165) is 11.6 Å². The molecular weight excluding hydrogens is 665 g/mol. The van der Waals surface area contributed by atoms with Crippen LogP contribution in [0.15, 0.2) is 42.5 Å². The van der Waals surface area contributed by atoms with E-state index in [1.165, 1.54) is 4.90 Å². The Morgan fingerprint density at radius 2 is 1.68 bits per heavy atom. The SMILES string of the molecule is CC(C)(C)OC(=O)N1CC(N2C[C@@H](c3c(OCOCOCC[Si](C)(C)C)ccc(Cl)c3Cl)[C@H](NC(=O)OCc3ccccc3)C2=O)C1. The average Bonchev–Trinajstić information content (AvgIpc) is 3.26. The molecule has 0 spiro atoms. The number of alkyl carbamates (subject to hydrolysis) is 1. The summed E-state index contributed by atoms with van der Waals surface area (Å²) in [5, 5.41) is 3.22. The lowest BCUT2D eigenvalue weighted by atomic mass is 9.93. The van der Waals surface area contributed by atoms with Gasteiger partial charge in [0.2, 0.25) is 5.91 Å². The number of amides is 3. The van der Waals surface area contributed by atoms with E-state index >= 15 is 0 Å². The summed E-state index contributed by atoms with van der Waals surface area (Å²) in [6, 6.07) is 12.2. The summed E-state index contributed by atoms with van der Waals surface area (Å²) in [7, 11) is -1.23. The molecule has 258 valence electrons. The van der Waals surface area contributed by atoms with E-state index in [0.29, 0.717) is 17.9 Å². The summed E-state index contributed by atoms with van der Waals surface area (Å²) < 4.78 is 28.1. The number of halogens is 2. The molecule has 2 heterocycles.